The molecule has 0 amide bonds. The van der Waals surface area contributed by atoms with Gasteiger partial charge >= 0.3 is 0 Å². The predicted octanol–water partition coefficient (Wildman–Crippen LogP) is 3.05. The molecule has 0 aliphatic carbocycles. The summed E-state index contributed by atoms with van der Waals surface area (Å²) in [5, 5.41) is 2.93. The molecule has 0 atom stereocenters. The third kappa shape index (κ3) is 2.28. The molecule has 0 saturated carbocycles. The predicted molar refractivity (Wildman–Crippen MR) is 60.3 cm³/mol. The number of para-hydroxylation sites is 1. The molecule has 0 aliphatic heterocycles. The zero-order valence-corrected chi connectivity index (χ0v) is 8.77. The number of pyridine rings is 1. The summed E-state index contributed by atoms with van der Waals surface area (Å²) in [4.78, 5) is 3.97. The lowest BCUT2D eigenvalue weighted by molar-refractivity contribution is 0.441. The molecule has 0 radical (unpaired) electrons. The first-order chi connectivity index (χ1) is 7.79. The van der Waals surface area contributed by atoms with E-state index in [-0.39, 0.29) is 5.75 Å². The van der Waals surface area contributed by atoms with Gasteiger partial charge in [-0.15, -0.1) is 0 Å². The number of halogens is 1. The van der Waals surface area contributed by atoms with Gasteiger partial charge in [0.05, 0.1) is 18.1 Å². The zero-order chi connectivity index (χ0) is 11.4. The van der Waals surface area contributed by atoms with E-state index in [9.17, 15) is 4.39 Å². The maximum atomic E-state index is 13.3. The second kappa shape index (κ2) is 4.61. The Labute approximate surface area is 92.9 Å². The SMILES string of the molecule is CNc1cncc(Oc2ccccc2F)c1. The van der Waals surface area contributed by atoms with Crippen LogP contribution in [0.1, 0.15) is 0 Å². The average Bonchev–Trinajstić information content (AvgIpc) is 2.32. The Kier molecular flexibility index (Phi) is 3.00. The molecule has 0 saturated heterocycles. The summed E-state index contributed by atoms with van der Waals surface area (Å²) >= 11 is 0. The Morgan fingerprint density at radius 1 is 1.25 bits per heavy atom. The van der Waals surface area contributed by atoms with Gasteiger partial charge in [-0.1, -0.05) is 12.1 Å². The number of nitrogens with one attached hydrogen (secondary N) is 1. The van der Waals surface area contributed by atoms with Crippen molar-refractivity contribution in [1.82, 2.24) is 4.98 Å². The van der Waals surface area contributed by atoms with Crippen LogP contribution in [0.3, 0.4) is 0 Å². The maximum absolute atomic E-state index is 13.3. The minimum absolute atomic E-state index is 0.192. The second-order valence-electron chi connectivity index (χ2n) is 3.19. The number of benzene rings is 1. The largest absolute Gasteiger partial charge is 0.453 e. The van der Waals surface area contributed by atoms with Crippen LogP contribution in [0.5, 0.6) is 11.5 Å². The van der Waals surface area contributed by atoms with E-state index < -0.39 is 5.82 Å². The number of nitrogens with zero attached hydrogens (tertiary/aromatic N) is 1. The Morgan fingerprint density at radius 2 is 2.06 bits per heavy atom. The zero-order valence-electron chi connectivity index (χ0n) is 8.77. The molecule has 0 aliphatic rings. The van der Waals surface area contributed by atoms with Crippen LogP contribution in [0, 0.1) is 5.82 Å². The Hall–Kier alpha value is -2.10. The lowest BCUT2D eigenvalue weighted by Crippen LogP contribution is -1.92. The topological polar surface area (TPSA) is 34.2 Å². The standard InChI is InChI=1S/C12H11FN2O/c1-14-9-6-10(8-15-7-9)16-12-5-3-2-4-11(12)13/h2-8,14H,1H3. The molecule has 2 rings (SSSR count). The van der Waals surface area contributed by atoms with Crippen molar-refractivity contribution < 1.29 is 9.13 Å². The number of rotatable bonds is 3. The summed E-state index contributed by atoms with van der Waals surface area (Å²) < 4.78 is 18.7. The normalized spacial score (nSPS) is 9.88. The van der Waals surface area contributed by atoms with Crippen molar-refractivity contribution in [2.75, 3.05) is 12.4 Å². The van der Waals surface area contributed by atoms with E-state index in [1.54, 1.807) is 37.5 Å². The van der Waals surface area contributed by atoms with Crippen molar-refractivity contribution in [2.24, 2.45) is 0 Å². The number of hydrogen-bond donors (Lipinski definition) is 1. The highest BCUT2D eigenvalue weighted by atomic mass is 19.1. The number of hydrogen-bond acceptors (Lipinski definition) is 3. The quantitative estimate of drug-likeness (QED) is 0.859. The molecule has 0 unspecified atom stereocenters. The summed E-state index contributed by atoms with van der Waals surface area (Å²) in [5.41, 5.74) is 0.814. The number of aromatic nitrogens is 1. The minimum Gasteiger partial charge on any atom is -0.453 e. The van der Waals surface area contributed by atoms with Gasteiger partial charge in [0.25, 0.3) is 0 Å². The molecular formula is C12H11FN2O. The summed E-state index contributed by atoms with van der Waals surface area (Å²) in [6.45, 7) is 0. The van der Waals surface area contributed by atoms with E-state index in [0.29, 0.717) is 5.75 Å². The van der Waals surface area contributed by atoms with Gasteiger partial charge in [0.15, 0.2) is 11.6 Å². The van der Waals surface area contributed by atoms with E-state index in [2.05, 4.69) is 10.3 Å². The molecular weight excluding hydrogens is 207 g/mol. The molecule has 3 nitrogen and oxygen atoms in total. The fourth-order valence-corrected chi connectivity index (χ4v) is 1.27. The van der Waals surface area contributed by atoms with E-state index in [1.807, 2.05) is 0 Å². The lowest BCUT2D eigenvalue weighted by Gasteiger charge is -2.07. The van der Waals surface area contributed by atoms with Crippen LogP contribution in [0.4, 0.5) is 10.1 Å². The summed E-state index contributed by atoms with van der Waals surface area (Å²) in [6, 6.07) is 8.00. The number of anilines is 1. The molecule has 16 heavy (non-hydrogen) atoms. The first-order valence-corrected chi connectivity index (χ1v) is 4.85. The lowest BCUT2D eigenvalue weighted by atomic mass is 10.3. The second-order valence-corrected chi connectivity index (χ2v) is 3.19. The summed E-state index contributed by atoms with van der Waals surface area (Å²) in [5.74, 6) is 0.298. The minimum atomic E-state index is -0.391. The van der Waals surface area contributed by atoms with Crippen LogP contribution in [0.15, 0.2) is 42.7 Å². The molecule has 1 heterocycles. The highest BCUT2D eigenvalue weighted by Crippen LogP contribution is 2.24. The van der Waals surface area contributed by atoms with E-state index in [0.717, 1.165) is 5.69 Å². The van der Waals surface area contributed by atoms with Crippen LogP contribution in [0.25, 0.3) is 0 Å². The van der Waals surface area contributed by atoms with E-state index >= 15 is 0 Å². The average molecular weight is 218 g/mol. The Bertz CT molecular complexity index is 488. The molecule has 4 heteroatoms. The van der Waals surface area contributed by atoms with Crippen LogP contribution in [-0.2, 0) is 0 Å². The van der Waals surface area contributed by atoms with Crippen LogP contribution in [0.2, 0.25) is 0 Å². The van der Waals surface area contributed by atoms with Crippen molar-refractivity contribution in [3.8, 4) is 11.5 Å². The van der Waals surface area contributed by atoms with Crippen molar-refractivity contribution in [3.05, 3.63) is 48.5 Å². The fraction of sp³-hybridized carbons (Fsp3) is 0.0833. The van der Waals surface area contributed by atoms with Crippen molar-refractivity contribution >= 4 is 5.69 Å². The summed E-state index contributed by atoms with van der Waals surface area (Å²) in [7, 11) is 1.78. The van der Waals surface area contributed by atoms with Gasteiger partial charge in [-0.2, -0.15) is 0 Å². The van der Waals surface area contributed by atoms with Gasteiger partial charge < -0.3 is 10.1 Å². The molecule has 0 bridgehead atoms. The van der Waals surface area contributed by atoms with Crippen molar-refractivity contribution in [2.45, 2.75) is 0 Å². The van der Waals surface area contributed by atoms with Gasteiger partial charge in [0.1, 0.15) is 5.75 Å². The molecule has 0 fully saturated rings. The monoisotopic (exact) mass is 218 g/mol. The third-order valence-electron chi connectivity index (χ3n) is 2.07. The third-order valence-corrected chi connectivity index (χ3v) is 2.07. The molecule has 1 aromatic heterocycles. The molecule has 1 aromatic carbocycles. The van der Waals surface area contributed by atoms with Crippen molar-refractivity contribution in [3.63, 3.8) is 0 Å². The Balaban J connectivity index is 2.24. The van der Waals surface area contributed by atoms with Crippen molar-refractivity contribution in [1.29, 1.82) is 0 Å². The van der Waals surface area contributed by atoms with Gasteiger partial charge in [0.2, 0.25) is 0 Å². The molecule has 0 spiro atoms. The van der Waals surface area contributed by atoms with Crippen LogP contribution >= 0.6 is 0 Å². The first kappa shape index (κ1) is 10.4. The van der Waals surface area contributed by atoms with Gasteiger partial charge in [-0.3, -0.25) is 4.98 Å². The van der Waals surface area contributed by atoms with E-state index in [4.69, 9.17) is 4.74 Å². The smallest absolute Gasteiger partial charge is 0.165 e. The molecule has 82 valence electrons. The van der Waals surface area contributed by atoms with Gasteiger partial charge in [-0.25, -0.2) is 4.39 Å². The van der Waals surface area contributed by atoms with Gasteiger partial charge in [-0.05, 0) is 12.1 Å². The fourth-order valence-electron chi connectivity index (χ4n) is 1.27. The highest BCUT2D eigenvalue weighted by Gasteiger charge is 2.03. The molecule has 1 N–H and O–H groups in total. The number of ether oxygens (including phenoxy) is 1. The first-order valence-electron chi connectivity index (χ1n) is 4.85. The maximum Gasteiger partial charge on any atom is 0.165 e. The van der Waals surface area contributed by atoms with Gasteiger partial charge in [0, 0.05) is 13.1 Å². The highest BCUT2D eigenvalue weighted by molar-refractivity contribution is 5.45. The van der Waals surface area contributed by atoms with Crippen LogP contribution in [-0.4, -0.2) is 12.0 Å². The van der Waals surface area contributed by atoms with Crippen LogP contribution < -0.4 is 10.1 Å². The molecule has 2 aromatic rings. The van der Waals surface area contributed by atoms with E-state index in [1.165, 1.54) is 12.3 Å². The Morgan fingerprint density at radius 3 is 2.81 bits per heavy atom. The summed E-state index contributed by atoms with van der Waals surface area (Å²) in [6.07, 6.45) is 3.20.